The Balaban J connectivity index is 1.62. The van der Waals surface area contributed by atoms with Crippen molar-refractivity contribution in [1.82, 2.24) is 15.0 Å². The van der Waals surface area contributed by atoms with Gasteiger partial charge in [-0.1, -0.05) is 0 Å². The predicted octanol–water partition coefficient (Wildman–Crippen LogP) is 2.39. The quantitative estimate of drug-likeness (QED) is 0.301. The first-order valence-electron chi connectivity index (χ1n) is 7.92. The van der Waals surface area contributed by atoms with Gasteiger partial charge in [0.05, 0.1) is 9.82 Å². The number of nitro groups is 1. The fourth-order valence-corrected chi connectivity index (χ4v) is 3.28. The second kappa shape index (κ2) is 8.53. The maximum atomic E-state index is 12.3. The maximum Gasteiger partial charge on any atom is 0.287 e. The van der Waals surface area contributed by atoms with Crippen LogP contribution in [0.25, 0.3) is 0 Å². The molecule has 0 atom stereocenters. The molecule has 0 aliphatic rings. The van der Waals surface area contributed by atoms with Crippen LogP contribution in [0.4, 0.5) is 23.1 Å². The summed E-state index contributed by atoms with van der Waals surface area (Å²) < 4.78 is 27.0. The van der Waals surface area contributed by atoms with Crippen LogP contribution in [0.5, 0.6) is 0 Å². The zero-order valence-electron chi connectivity index (χ0n) is 14.5. The number of rotatable bonds is 6. The SMILES string of the molecule is O=[N+]([O-])c1ccc(NC(=S)Nc2ccc(S(=O)(=O)Nc3ncccn3)cc2)nc1. The van der Waals surface area contributed by atoms with Gasteiger partial charge in [0.15, 0.2) is 5.11 Å². The molecule has 0 saturated heterocycles. The average molecular weight is 431 g/mol. The van der Waals surface area contributed by atoms with Gasteiger partial charge in [0, 0.05) is 24.1 Å². The van der Waals surface area contributed by atoms with Gasteiger partial charge in [-0.05, 0) is 48.6 Å². The van der Waals surface area contributed by atoms with Crippen molar-refractivity contribution in [3.8, 4) is 0 Å². The molecule has 0 unspecified atom stereocenters. The van der Waals surface area contributed by atoms with Crippen molar-refractivity contribution in [2.24, 2.45) is 0 Å². The van der Waals surface area contributed by atoms with Gasteiger partial charge in [-0.15, -0.1) is 0 Å². The van der Waals surface area contributed by atoms with Gasteiger partial charge in [-0.3, -0.25) is 10.1 Å². The molecule has 0 radical (unpaired) electrons. The van der Waals surface area contributed by atoms with Crippen LogP contribution in [-0.2, 0) is 10.0 Å². The minimum atomic E-state index is -3.83. The summed E-state index contributed by atoms with van der Waals surface area (Å²) in [6.07, 6.45) is 3.95. The molecule has 3 N–H and O–H groups in total. The lowest BCUT2D eigenvalue weighted by Crippen LogP contribution is -2.20. The zero-order valence-corrected chi connectivity index (χ0v) is 16.1. The first-order valence-corrected chi connectivity index (χ1v) is 9.81. The standard InChI is InChI=1S/C16H13N7O4S2/c24-23(25)12-4-7-14(19-10-12)21-16(28)20-11-2-5-13(6-3-11)29(26,27)22-15-17-8-1-9-18-15/h1-10H,(H,17,18,22)(H2,19,20,21,28). The normalized spacial score (nSPS) is 10.8. The highest BCUT2D eigenvalue weighted by atomic mass is 32.2. The third kappa shape index (κ3) is 5.40. The van der Waals surface area contributed by atoms with Crippen molar-refractivity contribution in [3.05, 3.63) is 71.2 Å². The molecule has 148 valence electrons. The molecule has 0 aliphatic heterocycles. The number of pyridine rings is 1. The summed E-state index contributed by atoms with van der Waals surface area (Å²) in [6.45, 7) is 0. The van der Waals surface area contributed by atoms with Gasteiger partial charge >= 0.3 is 0 Å². The Morgan fingerprint density at radius 2 is 1.69 bits per heavy atom. The van der Waals surface area contributed by atoms with E-state index in [1.807, 2.05) is 0 Å². The lowest BCUT2D eigenvalue weighted by Gasteiger charge is -2.11. The summed E-state index contributed by atoms with van der Waals surface area (Å²) in [4.78, 5) is 21.6. The summed E-state index contributed by atoms with van der Waals surface area (Å²) in [5.41, 5.74) is 0.389. The highest BCUT2D eigenvalue weighted by Crippen LogP contribution is 2.17. The van der Waals surface area contributed by atoms with Crippen molar-refractivity contribution < 1.29 is 13.3 Å². The summed E-state index contributed by atoms with van der Waals surface area (Å²) in [5.74, 6) is 0.287. The molecule has 3 rings (SSSR count). The largest absolute Gasteiger partial charge is 0.332 e. The number of sulfonamides is 1. The van der Waals surface area contributed by atoms with Crippen molar-refractivity contribution in [1.29, 1.82) is 0 Å². The van der Waals surface area contributed by atoms with Crippen LogP contribution in [0.2, 0.25) is 0 Å². The van der Waals surface area contributed by atoms with Crippen molar-refractivity contribution in [2.45, 2.75) is 4.90 Å². The van der Waals surface area contributed by atoms with Crippen LogP contribution in [-0.4, -0.2) is 33.4 Å². The van der Waals surface area contributed by atoms with Crippen LogP contribution in [0, 0.1) is 10.1 Å². The zero-order chi connectivity index (χ0) is 20.9. The summed E-state index contributed by atoms with van der Waals surface area (Å²) in [5, 5.41) is 16.4. The number of hydrogen-bond donors (Lipinski definition) is 3. The second-order valence-corrected chi connectivity index (χ2v) is 7.53. The third-order valence-electron chi connectivity index (χ3n) is 3.41. The lowest BCUT2D eigenvalue weighted by molar-refractivity contribution is -0.385. The maximum absolute atomic E-state index is 12.3. The Bertz CT molecular complexity index is 1120. The van der Waals surface area contributed by atoms with Crippen LogP contribution in [0.3, 0.4) is 0 Å². The predicted molar refractivity (Wildman–Crippen MR) is 110 cm³/mol. The van der Waals surface area contributed by atoms with E-state index in [4.69, 9.17) is 12.2 Å². The number of anilines is 3. The lowest BCUT2D eigenvalue weighted by atomic mass is 10.3. The number of hydrogen-bond acceptors (Lipinski definition) is 8. The number of nitrogens with zero attached hydrogens (tertiary/aromatic N) is 4. The van der Waals surface area contributed by atoms with E-state index in [9.17, 15) is 18.5 Å². The number of benzene rings is 1. The Morgan fingerprint density at radius 1 is 1.00 bits per heavy atom. The molecule has 2 aromatic heterocycles. The van der Waals surface area contributed by atoms with E-state index in [2.05, 4.69) is 30.3 Å². The van der Waals surface area contributed by atoms with Crippen molar-refractivity contribution >= 4 is 50.5 Å². The molecule has 0 aliphatic carbocycles. The summed E-state index contributed by atoms with van der Waals surface area (Å²) in [6, 6.07) is 10.1. The smallest absolute Gasteiger partial charge is 0.287 e. The van der Waals surface area contributed by atoms with Crippen molar-refractivity contribution in [3.63, 3.8) is 0 Å². The van der Waals surface area contributed by atoms with E-state index in [0.717, 1.165) is 6.20 Å². The first kappa shape index (κ1) is 20.0. The van der Waals surface area contributed by atoms with Gasteiger partial charge in [0.1, 0.15) is 12.0 Å². The van der Waals surface area contributed by atoms with Gasteiger partial charge < -0.3 is 10.6 Å². The van der Waals surface area contributed by atoms with E-state index < -0.39 is 14.9 Å². The van der Waals surface area contributed by atoms with Crippen LogP contribution < -0.4 is 15.4 Å². The van der Waals surface area contributed by atoms with E-state index >= 15 is 0 Å². The monoisotopic (exact) mass is 431 g/mol. The number of thiocarbonyl (C=S) groups is 1. The highest BCUT2D eigenvalue weighted by molar-refractivity contribution is 7.92. The van der Waals surface area contributed by atoms with Gasteiger partial charge in [-0.2, -0.15) is 0 Å². The Hall–Kier alpha value is -3.71. The minimum absolute atomic E-state index is 0.0198. The molecule has 0 spiro atoms. The third-order valence-corrected chi connectivity index (χ3v) is 4.96. The molecule has 0 saturated carbocycles. The molecular formula is C16H13N7O4S2. The van der Waals surface area contributed by atoms with Crippen LogP contribution >= 0.6 is 12.2 Å². The first-order chi connectivity index (χ1) is 13.8. The second-order valence-electron chi connectivity index (χ2n) is 5.44. The molecular weight excluding hydrogens is 418 g/mol. The van der Waals surface area contributed by atoms with Crippen molar-refractivity contribution in [2.75, 3.05) is 15.4 Å². The van der Waals surface area contributed by atoms with Gasteiger partial charge in [-0.25, -0.2) is 28.1 Å². The highest BCUT2D eigenvalue weighted by Gasteiger charge is 2.15. The molecule has 11 nitrogen and oxygen atoms in total. The molecule has 13 heteroatoms. The van der Waals surface area contributed by atoms with Crippen LogP contribution in [0.15, 0.2) is 66.0 Å². The molecule has 0 fully saturated rings. The molecule has 1 aromatic carbocycles. The van der Waals surface area contributed by atoms with Gasteiger partial charge in [0.25, 0.3) is 15.7 Å². The van der Waals surface area contributed by atoms with Gasteiger partial charge in [0.2, 0.25) is 5.95 Å². The Kier molecular flexibility index (Phi) is 5.90. The topological polar surface area (TPSA) is 152 Å². The Morgan fingerprint density at radius 3 is 2.28 bits per heavy atom. The summed E-state index contributed by atoms with van der Waals surface area (Å²) in [7, 11) is -3.83. The fraction of sp³-hybridized carbons (Fsp3) is 0. The Labute approximate surface area is 170 Å². The number of aromatic nitrogens is 3. The van der Waals surface area contributed by atoms with Crippen LogP contribution in [0.1, 0.15) is 0 Å². The van der Waals surface area contributed by atoms with E-state index in [0.29, 0.717) is 11.5 Å². The molecule has 3 aromatic rings. The molecule has 29 heavy (non-hydrogen) atoms. The summed E-state index contributed by atoms with van der Waals surface area (Å²) >= 11 is 5.15. The molecule has 2 heterocycles. The molecule has 0 amide bonds. The fourth-order valence-electron chi connectivity index (χ4n) is 2.09. The molecule has 0 bridgehead atoms. The van der Waals surface area contributed by atoms with E-state index in [1.54, 1.807) is 6.07 Å². The van der Waals surface area contributed by atoms with E-state index in [1.165, 1.54) is 48.8 Å². The minimum Gasteiger partial charge on any atom is -0.332 e. The average Bonchev–Trinajstić information content (AvgIpc) is 2.69. The number of nitrogens with one attached hydrogen (secondary N) is 3. The van der Waals surface area contributed by atoms with E-state index in [-0.39, 0.29) is 21.6 Å².